The summed E-state index contributed by atoms with van der Waals surface area (Å²) in [6.07, 6.45) is 2.77. The number of hydrogen-bond donors (Lipinski definition) is 2. The van der Waals surface area contributed by atoms with Crippen molar-refractivity contribution in [2.24, 2.45) is 23.2 Å². The highest BCUT2D eigenvalue weighted by atomic mass is 16.3. The zero-order valence-electron chi connectivity index (χ0n) is 8.53. The zero-order valence-corrected chi connectivity index (χ0v) is 8.53. The molecule has 1 fully saturated rings. The van der Waals surface area contributed by atoms with E-state index < -0.39 is 0 Å². The van der Waals surface area contributed by atoms with Crippen LogP contribution in [0.15, 0.2) is 12.7 Å². The Morgan fingerprint density at radius 1 is 1.31 bits per heavy atom. The lowest BCUT2D eigenvalue weighted by molar-refractivity contribution is 0.244. The van der Waals surface area contributed by atoms with Crippen molar-refractivity contribution in [3.63, 3.8) is 0 Å². The topological polar surface area (TPSA) is 40.5 Å². The molecule has 0 spiro atoms. The number of allylic oxidation sites excluding steroid dienone is 1. The van der Waals surface area contributed by atoms with Crippen LogP contribution in [0.1, 0.15) is 20.3 Å². The van der Waals surface area contributed by atoms with Crippen molar-refractivity contribution in [1.82, 2.24) is 0 Å². The van der Waals surface area contributed by atoms with E-state index in [2.05, 4.69) is 20.4 Å². The SMILES string of the molecule is C=CC(C)(C)[C@H]1C(CO)[C@@H]1CCO. The fraction of sp³-hybridized carbons (Fsp3) is 0.818. The van der Waals surface area contributed by atoms with Crippen LogP contribution < -0.4 is 0 Å². The summed E-state index contributed by atoms with van der Waals surface area (Å²) in [6, 6.07) is 0. The van der Waals surface area contributed by atoms with E-state index in [1.165, 1.54) is 0 Å². The van der Waals surface area contributed by atoms with Crippen molar-refractivity contribution in [3.8, 4) is 0 Å². The third-order valence-electron chi connectivity index (χ3n) is 3.39. The van der Waals surface area contributed by atoms with Crippen LogP contribution in [0, 0.1) is 23.2 Å². The molecule has 0 aromatic heterocycles. The molecule has 1 aliphatic carbocycles. The lowest BCUT2D eigenvalue weighted by Gasteiger charge is -2.20. The molecule has 0 bridgehead atoms. The lowest BCUT2D eigenvalue weighted by atomic mass is 9.85. The Morgan fingerprint density at radius 3 is 2.31 bits per heavy atom. The van der Waals surface area contributed by atoms with Gasteiger partial charge >= 0.3 is 0 Å². The molecule has 1 saturated carbocycles. The standard InChI is InChI=1S/C11H20O2/c1-4-11(2,3)10-8(5-6-12)9(10)7-13/h4,8-10,12-13H,1,5-7H2,2-3H3/t8-,9?,10+/m0/s1. The first kappa shape index (κ1) is 10.7. The van der Waals surface area contributed by atoms with Crippen LogP contribution >= 0.6 is 0 Å². The molecule has 0 aromatic rings. The van der Waals surface area contributed by atoms with Crippen LogP contribution in [0.5, 0.6) is 0 Å². The second-order valence-corrected chi connectivity index (χ2v) is 4.57. The summed E-state index contributed by atoms with van der Waals surface area (Å²) in [5, 5.41) is 18.0. The van der Waals surface area contributed by atoms with E-state index >= 15 is 0 Å². The first-order valence-electron chi connectivity index (χ1n) is 4.93. The predicted octanol–water partition coefficient (Wildman–Crippen LogP) is 1.44. The van der Waals surface area contributed by atoms with Crippen molar-refractivity contribution < 1.29 is 10.2 Å². The van der Waals surface area contributed by atoms with Gasteiger partial charge in [-0.25, -0.2) is 0 Å². The van der Waals surface area contributed by atoms with Gasteiger partial charge in [-0.3, -0.25) is 0 Å². The monoisotopic (exact) mass is 184 g/mol. The molecule has 0 heterocycles. The minimum Gasteiger partial charge on any atom is -0.396 e. The van der Waals surface area contributed by atoms with Crippen LogP contribution in [0.3, 0.4) is 0 Å². The zero-order chi connectivity index (χ0) is 10.1. The summed E-state index contributed by atoms with van der Waals surface area (Å²) in [7, 11) is 0. The molecule has 3 atom stereocenters. The maximum atomic E-state index is 9.12. The van der Waals surface area contributed by atoms with Gasteiger partial charge in [-0.05, 0) is 29.6 Å². The first-order chi connectivity index (χ1) is 6.08. The highest BCUT2D eigenvalue weighted by molar-refractivity contribution is 5.09. The minimum atomic E-state index is 0.0905. The van der Waals surface area contributed by atoms with Crippen LogP contribution in [0.2, 0.25) is 0 Å². The maximum Gasteiger partial charge on any atom is 0.0465 e. The fourth-order valence-electron chi connectivity index (χ4n) is 2.48. The van der Waals surface area contributed by atoms with Crippen molar-refractivity contribution in [2.45, 2.75) is 20.3 Å². The first-order valence-corrected chi connectivity index (χ1v) is 4.93. The van der Waals surface area contributed by atoms with Crippen LogP contribution in [-0.2, 0) is 0 Å². The molecular weight excluding hydrogens is 164 g/mol. The van der Waals surface area contributed by atoms with Gasteiger partial charge in [-0.2, -0.15) is 0 Å². The van der Waals surface area contributed by atoms with Crippen molar-refractivity contribution in [3.05, 3.63) is 12.7 Å². The van der Waals surface area contributed by atoms with Gasteiger partial charge in [0.1, 0.15) is 0 Å². The van der Waals surface area contributed by atoms with Gasteiger partial charge in [0.05, 0.1) is 0 Å². The van der Waals surface area contributed by atoms with Crippen molar-refractivity contribution >= 4 is 0 Å². The van der Waals surface area contributed by atoms with E-state index in [1.54, 1.807) is 0 Å². The summed E-state index contributed by atoms with van der Waals surface area (Å²) < 4.78 is 0. The Balaban J connectivity index is 2.57. The average molecular weight is 184 g/mol. The fourth-order valence-corrected chi connectivity index (χ4v) is 2.48. The Morgan fingerprint density at radius 2 is 1.92 bits per heavy atom. The van der Waals surface area contributed by atoms with E-state index in [4.69, 9.17) is 10.2 Å². The molecule has 2 heteroatoms. The Kier molecular flexibility index (Phi) is 3.14. The Bertz CT molecular complexity index is 187. The van der Waals surface area contributed by atoms with Gasteiger partial charge < -0.3 is 10.2 Å². The van der Waals surface area contributed by atoms with Gasteiger partial charge in [-0.15, -0.1) is 6.58 Å². The lowest BCUT2D eigenvalue weighted by Crippen LogP contribution is -2.13. The number of aliphatic hydroxyl groups is 2. The van der Waals surface area contributed by atoms with E-state index in [0.29, 0.717) is 17.8 Å². The molecular formula is C11H20O2. The Hall–Kier alpha value is -0.340. The van der Waals surface area contributed by atoms with Gasteiger partial charge in [0.15, 0.2) is 0 Å². The molecule has 1 aliphatic rings. The molecule has 1 rings (SSSR count). The Labute approximate surface area is 80.3 Å². The van der Waals surface area contributed by atoms with Gasteiger partial charge in [-0.1, -0.05) is 19.9 Å². The highest BCUT2D eigenvalue weighted by Crippen LogP contribution is 2.57. The molecule has 2 nitrogen and oxygen atoms in total. The summed E-state index contributed by atoms with van der Waals surface area (Å²) >= 11 is 0. The van der Waals surface area contributed by atoms with Gasteiger partial charge in [0, 0.05) is 13.2 Å². The molecule has 13 heavy (non-hydrogen) atoms. The minimum absolute atomic E-state index is 0.0905. The number of rotatable bonds is 5. The summed E-state index contributed by atoms with van der Waals surface area (Å²) in [6.45, 7) is 8.57. The third kappa shape index (κ3) is 1.94. The second-order valence-electron chi connectivity index (χ2n) is 4.57. The molecule has 76 valence electrons. The second kappa shape index (κ2) is 3.81. The van der Waals surface area contributed by atoms with Crippen molar-refractivity contribution in [2.75, 3.05) is 13.2 Å². The normalized spacial score (nSPS) is 33.1. The number of hydrogen-bond acceptors (Lipinski definition) is 2. The summed E-state index contributed by atoms with van der Waals surface area (Å²) in [5.41, 5.74) is 0.0905. The third-order valence-corrected chi connectivity index (χ3v) is 3.39. The number of aliphatic hydroxyl groups excluding tert-OH is 2. The van der Waals surface area contributed by atoms with Gasteiger partial charge in [0.25, 0.3) is 0 Å². The van der Waals surface area contributed by atoms with Crippen molar-refractivity contribution in [1.29, 1.82) is 0 Å². The van der Waals surface area contributed by atoms with E-state index in [-0.39, 0.29) is 18.6 Å². The quantitative estimate of drug-likeness (QED) is 0.635. The average Bonchev–Trinajstić information content (AvgIpc) is 2.80. The molecule has 0 saturated heterocycles. The van der Waals surface area contributed by atoms with E-state index in [9.17, 15) is 0 Å². The molecule has 0 aromatic carbocycles. The molecule has 0 radical (unpaired) electrons. The van der Waals surface area contributed by atoms with Gasteiger partial charge in [0.2, 0.25) is 0 Å². The molecule has 1 unspecified atom stereocenters. The van der Waals surface area contributed by atoms with E-state index in [1.807, 2.05) is 6.08 Å². The summed E-state index contributed by atoms with van der Waals surface area (Å²) in [4.78, 5) is 0. The van der Waals surface area contributed by atoms with Crippen LogP contribution in [-0.4, -0.2) is 23.4 Å². The summed E-state index contributed by atoms with van der Waals surface area (Å²) in [5.74, 6) is 1.37. The maximum absolute atomic E-state index is 9.12. The van der Waals surface area contributed by atoms with Crippen LogP contribution in [0.4, 0.5) is 0 Å². The molecule has 0 amide bonds. The molecule has 0 aliphatic heterocycles. The predicted molar refractivity (Wildman–Crippen MR) is 53.2 cm³/mol. The largest absolute Gasteiger partial charge is 0.396 e. The smallest absolute Gasteiger partial charge is 0.0465 e. The molecule has 2 N–H and O–H groups in total. The van der Waals surface area contributed by atoms with Crippen LogP contribution in [0.25, 0.3) is 0 Å². The van der Waals surface area contributed by atoms with E-state index in [0.717, 1.165) is 6.42 Å². The highest BCUT2D eigenvalue weighted by Gasteiger charge is 2.54.